The van der Waals surface area contributed by atoms with Crippen molar-refractivity contribution < 1.29 is 9.53 Å². The summed E-state index contributed by atoms with van der Waals surface area (Å²) in [6, 6.07) is 10.2. The van der Waals surface area contributed by atoms with Gasteiger partial charge in [0.05, 0.1) is 10.7 Å². The summed E-state index contributed by atoms with van der Waals surface area (Å²) in [7, 11) is 0. The van der Waals surface area contributed by atoms with Crippen LogP contribution < -0.4 is 10.5 Å². The van der Waals surface area contributed by atoms with E-state index in [2.05, 4.69) is 4.98 Å². The van der Waals surface area contributed by atoms with Crippen molar-refractivity contribution in [1.29, 1.82) is 0 Å². The van der Waals surface area contributed by atoms with E-state index in [0.29, 0.717) is 22.9 Å². The summed E-state index contributed by atoms with van der Waals surface area (Å²) in [6.45, 7) is 0.305. The van der Waals surface area contributed by atoms with E-state index in [1.165, 1.54) is 0 Å². The Bertz CT molecular complexity index is 555. The molecule has 1 aromatic heterocycles. The number of hydrogen-bond acceptors (Lipinski definition) is 3. The van der Waals surface area contributed by atoms with Crippen LogP contribution in [0.3, 0.4) is 0 Å². The molecule has 0 bridgehead atoms. The van der Waals surface area contributed by atoms with Gasteiger partial charge in [-0.3, -0.25) is 9.78 Å². The standard InChI is InChI=1S/C13H11ClN2O2/c14-10-4-5-11(16-7-10)8-18-12-3-1-2-9(6-12)13(15)17/h1-7H,8H2,(H2,15,17). The fourth-order valence-electron chi connectivity index (χ4n) is 1.39. The van der Waals surface area contributed by atoms with Crippen LogP contribution in [0.1, 0.15) is 16.1 Å². The average molecular weight is 263 g/mol. The second-order valence-corrected chi connectivity index (χ2v) is 4.08. The minimum Gasteiger partial charge on any atom is -0.487 e. The van der Waals surface area contributed by atoms with Crippen molar-refractivity contribution in [1.82, 2.24) is 4.98 Å². The van der Waals surface area contributed by atoms with E-state index in [-0.39, 0.29) is 0 Å². The first-order valence-electron chi connectivity index (χ1n) is 5.28. The Labute approximate surface area is 109 Å². The molecular formula is C13H11ClN2O2. The van der Waals surface area contributed by atoms with Crippen LogP contribution in [-0.4, -0.2) is 10.9 Å². The Kier molecular flexibility index (Phi) is 3.79. The molecule has 0 radical (unpaired) electrons. The number of carbonyl (C=O) groups excluding carboxylic acids is 1. The first-order valence-corrected chi connectivity index (χ1v) is 5.66. The molecule has 0 aliphatic rings. The van der Waals surface area contributed by atoms with Gasteiger partial charge in [-0.05, 0) is 30.3 Å². The van der Waals surface area contributed by atoms with Gasteiger partial charge in [0.15, 0.2) is 0 Å². The molecular weight excluding hydrogens is 252 g/mol. The highest BCUT2D eigenvalue weighted by molar-refractivity contribution is 6.30. The first-order chi connectivity index (χ1) is 8.65. The third-order valence-electron chi connectivity index (χ3n) is 2.29. The monoisotopic (exact) mass is 262 g/mol. The number of primary amides is 1. The van der Waals surface area contributed by atoms with E-state index in [9.17, 15) is 4.79 Å². The van der Waals surface area contributed by atoms with Gasteiger partial charge < -0.3 is 10.5 Å². The van der Waals surface area contributed by atoms with Crippen molar-refractivity contribution in [3.05, 3.63) is 58.9 Å². The molecule has 92 valence electrons. The molecule has 0 unspecified atom stereocenters. The van der Waals surface area contributed by atoms with Gasteiger partial charge in [0.25, 0.3) is 0 Å². The van der Waals surface area contributed by atoms with Crippen LogP contribution in [-0.2, 0) is 6.61 Å². The Balaban J connectivity index is 2.04. The maximum atomic E-state index is 11.0. The summed E-state index contributed by atoms with van der Waals surface area (Å²) >= 11 is 5.73. The topological polar surface area (TPSA) is 65.2 Å². The van der Waals surface area contributed by atoms with Crippen molar-refractivity contribution in [3.8, 4) is 5.75 Å². The number of amides is 1. The van der Waals surface area contributed by atoms with E-state index in [1.54, 1.807) is 42.6 Å². The van der Waals surface area contributed by atoms with E-state index >= 15 is 0 Å². The van der Waals surface area contributed by atoms with Gasteiger partial charge in [-0.1, -0.05) is 17.7 Å². The number of carbonyl (C=O) groups is 1. The predicted molar refractivity (Wildman–Crippen MR) is 68.5 cm³/mol. The van der Waals surface area contributed by atoms with Crippen LogP contribution in [0.2, 0.25) is 5.02 Å². The normalized spacial score (nSPS) is 10.1. The number of hydrogen-bond donors (Lipinski definition) is 1. The van der Waals surface area contributed by atoms with Crippen molar-refractivity contribution in [2.75, 3.05) is 0 Å². The van der Waals surface area contributed by atoms with Gasteiger partial charge >= 0.3 is 0 Å². The number of rotatable bonds is 4. The third kappa shape index (κ3) is 3.21. The molecule has 5 heteroatoms. The van der Waals surface area contributed by atoms with Gasteiger partial charge in [0, 0.05) is 11.8 Å². The lowest BCUT2D eigenvalue weighted by molar-refractivity contribution is 0.1000. The van der Waals surface area contributed by atoms with Crippen molar-refractivity contribution in [2.45, 2.75) is 6.61 Å². The Morgan fingerprint density at radius 2 is 2.17 bits per heavy atom. The fourth-order valence-corrected chi connectivity index (χ4v) is 1.50. The largest absolute Gasteiger partial charge is 0.487 e. The zero-order chi connectivity index (χ0) is 13.0. The second kappa shape index (κ2) is 5.51. The maximum absolute atomic E-state index is 11.0. The molecule has 2 rings (SSSR count). The maximum Gasteiger partial charge on any atom is 0.248 e. The number of aromatic nitrogens is 1. The third-order valence-corrected chi connectivity index (χ3v) is 2.52. The molecule has 0 atom stereocenters. The van der Waals surface area contributed by atoms with Crippen molar-refractivity contribution >= 4 is 17.5 Å². The molecule has 0 fully saturated rings. The lowest BCUT2D eigenvalue weighted by Crippen LogP contribution is -2.10. The van der Waals surface area contributed by atoms with Crippen LogP contribution in [0.25, 0.3) is 0 Å². The van der Waals surface area contributed by atoms with E-state index in [1.807, 2.05) is 0 Å². The molecule has 1 aromatic carbocycles. The number of benzene rings is 1. The molecule has 0 aliphatic carbocycles. The lowest BCUT2D eigenvalue weighted by Gasteiger charge is -2.06. The minimum atomic E-state index is -0.481. The smallest absolute Gasteiger partial charge is 0.248 e. The fraction of sp³-hybridized carbons (Fsp3) is 0.0769. The summed E-state index contributed by atoms with van der Waals surface area (Å²) in [4.78, 5) is 15.1. The molecule has 0 saturated heterocycles. The Morgan fingerprint density at radius 3 is 2.83 bits per heavy atom. The van der Waals surface area contributed by atoms with Gasteiger partial charge in [0.1, 0.15) is 12.4 Å². The van der Waals surface area contributed by atoms with Crippen LogP contribution >= 0.6 is 11.6 Å². The average Bonchev–Trinajstić information content (AvgIpc) is 2.38. The molecule has 18 heavy (non-hydrogen) atoms. The van der Waals surface area contributed by atoms with E-state index in [0.717, 1.165) is 5.69 Å². The van der Waals surface area contributed by atoms with Gasteiger partial charge in [0.2, 0.25) is 5.91 Å². The number of nitrogens with two attached hydrogens (primary N) is 1. The van der Waals surface area contributed by atoms with E-state index in [4.69, 9.17) is 22.1 Å². The second-order valence-electron chi connectivity index (χ2n) is 3.65. The quantitative estimate of drug-likeness (QED) is 0.920. The molecule has 0 spiro atoms. The number of pyridine rings is 1. The highest BCUT2D eigenvalue weighted by Gasteiger charge is 2.02. The first kappa shape index (κ1) is 12.4. The zero-order valence-corrected chi connectivity index (χ0v) is 10.2. The molecule has 0 aliphatic heterocycles. The van der Waals surface area contributed by atoms with Crippen LogP contribution in [0.15, 0.2) is 42.6 Å². The number of ether oxygens (including phenoxy) is 1. The summed E-state index contributed by atoms with van der Waals surface area (Å²) in [6.07, 6.45) is 1.56. The zero-order valence-electron chi connectivity index (χ0n) is 9.47. The van der Waals surface area contributed by atoms with Crippen LogP contribution in [0, 0.1) is 0 Å². The highest BCUT2D eigenvalue weighted by atomic mass is 35.5. The van der Waals surface area contributed by atoms with Crippen LogP contribution in [0.5, 0.6) is 5.75 Å². The molecule has 2 aromatic rings. The predicted octanol–water partition coefficient (Wildman–Crippen LogP) is 2.41. The minimum absolute atomic E-state index is 0.305. The number of nitrogens with zero attached hydrogens (tertiary/aromatic N) is 1. The molecule has 4 nitrogen and oxygen atoms in total. The Morgan fingerprint density at radius 1 is 1.33 bits per heavy atom. The van der Waals surface area contributed by atoms with Gasteiger partial charge in [-0.15, -0.1) is 0 Å². The van der Waals surface area contributed by atoms with Crippen molar-refractivity contribution in [3.63, 3.8) is 0 Å². The van der Waals surface area contributed by atoms with E-state index < -0.39 is 5.91 Å². The molecule has 1 heterocycles. The van der Waals surface area contributed by atoms with Gasteiger partial charge in [-0.25, -0.2) is 0 Å². The SMILES string of the molecule is NC(=O)c1cccc(OCc2ccc(Cl)cn2)c1. The van der Waals surface area contributed by atoms with Gasteiger partial charge in [-0.2, -0.15) is 0 Å². The highest BCUT2D eigenvalue weighted by Crippen LogP contribution is 2.15. The number of halogens is 1. The summed E-state index contributed by atoms with van der Waals surface area (Å²) in [5, 5.41) is 0.578. The molecule has 0 saturated carbocycles. The lowest BCUT2D eigenvalue weighted by atomic mass is 10.2. The molecule has 1 amide bonds. The summed E-state index contributed by atoms with van der Waals surface area (Å²) < 4.78 is 5.51. The summed E-state index contributed by atoms with van der Waals surface area (Å²) in [5.41, 5.74) is 6.35. The Hall–Kier alpha value is -2.07. The summed E-state index contributed by atoms with van der Waals surface area (Å²) in [5.74, 6) is 0.0908. The van der Waals surface area contributed by atoms with Crippen molar-refractivity contribution in [2.24, 2.45) is 5.73 Å². The molecule has 2 N–H and O–H groups in total. The van der Waals surface area contributed by atoms with Crippen LogP contribution in [0.4, 0.5) is 0 Å².